The summed E-state index contributed by atoms with van der Waals surface area (Å²) in [5, 5.41) is 1.68. The van der Waals surface area contributed by atoms with E-state index in [-0.39, 0.29) is 49.4 Å². The molecule has 0 spiro atoms. The van der Waals surface area contributed by atoms with E-state index in [0.29, 0.717) is 3.34 Å². The van der Waals surface area contributed by atoms with Crippen LogP contribution in [-0.4, -0.2) is 16.1 Å². The first kappa shape index (κ1) is 26.7. The number of halogens is 2. The Bertz CT molecular complexity index is 686. The zero-order valence-corrected chi connectivity index (χ0v) is 23.6. The minimum absolute atomic E-state index is 0. The van der Waals surface area contributed by atoms with Crippen LogP contribution in [0.1, 0.15) is 34.6 Å². The van der Waals surface area contributed by atoms with E-state index in [4.69, 9.17) is 0 Å². The molecule has 0 amide bonds. The van der Waals surface area contributed by atoms with E-state index >= 15 is 0 Å². The van der Waals surface area contributed by atoms with Crippen LogP contribution in [-0.2, 0) is 19.2 Å². The van der Waals surface area contributed by atoms with Crippen molar-refractivity contribution < 1.29 is 44.0 Å². The third kappa shape index (κ3) is 4.47. The molecule has 0 saturated heterocycles. The monoisotopic (exact) mass is 462 g/mol. The smallest absolute Gasteiger partial charge is 1.00 e. The van der Waals surface area contributed by atoms with E-state index in [2.05, 4.69) is 92.1 Å². The largest absolute Gasteiger partial charge is 1.00 e. The van der Waals surface area contributed by atoms with E-state index in [9.17, 15) is 0 Å². The van der Waals surface area contributed by atoms with Crippen LogP contribution in [0.25, 0.3) is 0 Å². The molecule has 0 nitrogen and oxygen atoms in total. The predicted molar refractivity (Wildman–Crippen MR) is 111 cm³/mol. The molecule has 1 atom stereocenters. The number of hydrogen-bond acceptors (Lipinski definition) is 0. The summed E-state index contributed by atoms with van der Waals surface area (Å²) in [6.07, 6.45) is 7.91. The van der Waals surface area contributed by atoms with Crippen molar-refractivity contribution in [3.63, 3.8) is 0 Å². The minimum Gasteiger partial charge on any atom is -1.00 e. The van der Waals surface area contributed by atoms with Gasteiger partial charge in [0.2, 0.25) is 0 Å². The molecule has 0 fully saturated rings. The predicted octanol–water partition coefficient (Wildman–Crippen LogP) is 1.14. The van der Waals surface area contributed by atoms with Gasteiger partial charge < -0.3 is 24.8 Å². The molecule has 1 unspecified atom stereocenters. The average Bonchev–Trinajstić information content (AvgIpc) is 2.91. The second-order valence-electron chi connectivity index (χ2n) is 10.3. The fourth-order valence-corrected chi connectivity index (χ4v) is 11.9. The van der Waals surface area contributed by atoms with Gasteiger partial charge in [0.05, 0.1) is 0 Å². The molecular weight excluding hydrogens is 427 g/mol. The Balaban J connectivity index is 0.00000312. The van der Waals surface area contributed by atoms with E-state index < -0.39 is 16.1 Å². The second kappa shape index (κ2) is 8.20. The Labute approximate surface area is 185 Å². The molecule has 0 aromatic carbocycles. The van der Waals surface area contributed by atoms with Crippen LogP contribution < -0.4 is 24.8 Å². The van der Waals surface area contributed by atoms with Gasteiger partial charge in [0, 0.05) is 0 Å². The van der Waals surface area contributed by atoms with Gasteiger partial charge >= 0.3 is 162 Å². The molecule has 2 rings (SSSR count). The summed E-state index contributed by atoms with van der Waals surface area (Å²) in [7, 11) is -2.57. The first-order chi connectivity index (χ1) is 10.6. The molecule has 5 heteroatoms. The van der Waals surface area contributed by atoms with Gasteiger partial charge in [-0.1, -0.05) is 0 Å². The number of rotatable bonds is 4. The molecule has 2 aliphatic carbocycles. The fraction of sp³-hybridized carbons (Fsp3) is 0.619. The topological polar surface area (TPSA) is 0 Å². The minimum atomic E-state index is -1.34. The first-order valence-corrected chi connectivity index (χ1v) is 17.8. The van der Waals surface area contributed by atoms with Gasteiger partial charge in [0.15, 0.2) is 0 Å². The van der Waals surface area contributed by atoms with Gasteiger partial charge in [-0.15, -0.1) is 0 Å². The van der Waals surface area contributed by atoms with Crippen LogP contribution >= 0.6 is 0 Å². The first-order valence-electron chi connectivity index (χ1n) is 9.24. The molecule has 0 N–H and O–H groups in total. The average molecular weight is 463 g/mol. The molecular formula is C21H36Cl2Si2Ti. The summed E-state index contributed by atoms with van der Waals surface area (Å²) in [5.74, 6) is 0. The molecule has 0 saturated carbocycles. The molecule has 0 aromatic heterocycles. The van der Waals surface area contributed by atoms with Crippen LogP contribution in [0.2, 0.25) is 42.6 Å². The normalized spacial score (nSPS) is 25.0. The van der Waals surface area contributed by atoms with Crippen LogP contribution in [0.5, 0.6) is 0 Å². The van der Waals surface area contributed by atoms with E-state index in [0.717, 1.165) is 0 Å². The van der Waals surface area contributed by atoms with Crippen molar-refractivity contribution in [2.75, 3.05) is 0 Å². The zero-order valence-electron chi connectivity index (χ0n) is 18.5. The molecule has 26 heavy (non-hydrogen) atoms. The van der Waals surface area contributed by atoms with Crippen molar-refractivity contribution in [2.24, 2.45) is 5.41 Å². The Morgan fingerprint density at radius 3 is 1.65 bits per heavy atom. The van der Waals surface area contributed by atoms with Crippen LogP contribution in [0.3, 0.4) is 0 Å². The molecule has 2 aliphatic rings. The molecule has 0 aromatic rings. The van der Waals surface area contributed by atoms with Gasteiger partial charge in [0.25, 0.3) is 0 Å². The van der Waals surface area contributed by atoms with E-state index in [1.165, 1.54) is 0 Å². The fourth-order valence-electron chi connectivity index (χ4n) is 3.81. The zero-order chi connectivity index (χ0) is 18.7. The van der Waals surface area contributed by atoms with Crippen molar-refractivity contribution in [1.29, 1.82) is 0 Å². The van der Waals surface area contributed by atoms with Crippen molar-refractivity contribution in [1.82, 2.24) is 0 Å². The van der Waals surface area contributed by atoms with Crippen LogP contribution in [0.4, 0.5) is 0 Å². The third-order valence-corrected chi connectivity index (χ3v) is 18.4. The van der Waals surface area contributed by atoms with Gasteiger partial charge in [-0.25, -0.2) is 0 Å². The summed E-state index contributed by atoms with van der Waals surface area (Å²) in [4.78, 5) is 0. The van der Waals surface area contributed by atoms with Crippen LogP contribution in [0, 0.1) is 5.41 Å². The molecule has 146 valence electrons. The maximum atomic E-state index is 2.75. The Kier molecular flexibility index (Phi) is 8.42. The summed E-state index contributed by atoms with van der Waals surface area (Å²) >= 11 is -0.233. The molecule has 0 aliphatic heterocycles. The van der Waals surface area contributed by atoms with Crippen molar-refractivity contribution >= 4 is 16.1 Å². The van der Waals surface area contributed by atoms with Crippen molar-refractivity contribution in [3.8, 4) is 0 Å². The van der Waals surface area contributed by atoms with Gasteiger partial charge in [-0.2, -0.15) is 0 Å². The van der Waals surface area contributed by atoms with Crippen molar-refractivity contribution in [2.45, 2.75) is 77.2 Å². The van der Waals surface area contributed by atoms with Gasteiger partial charge in [-0.3, -0.25) is 0 Å². The Hall–Kier alpha value is 0.688. The summed E-state index contributed by atoms with van der Waals surface area (Å²) in [5.41, 5.74) is 5.03. The Morgan fingerprint density at radius 2 is 1.35 bits per heavy atom. The summed E-state index contributed by atoms with van der Waals surface area (Å²) < 4.78 is 2.21. The molecule has 0 radical (unpaired) electrons. The molecule has 0 heterocycles. The SMILES string of the molecule is CC1=C(C)C(C)(C)[C]([Ti+2][C]2([Si](C)(C)C)C=CC([Si](C)(C)C)=C2)=C1C.[Cl-].[Cl-]. The second-order valence-corrected chi connectivity index (χ2v) is 24.0. The van der Waals surface area contributed by atoms with Gasteiger partial charge in [0.1, 0.15) is 0 Å². The molecule has 0 bridgehead atoms. The van der Waals surface area contributed by atoms with Gasteiger partial charge in [-0.05, 0) is 0 Å². The van der Waals surface area contributed by atoms with Crippen molar-refractivity contribution in [3.05, 3.63) is 44.0 Å². The van der Waals surface area contributed by atoms with E-state index in [1.54, 1.807) is 25.8 Å². The van der Waals surface area contributed by atoms with Crippen LogP contribution in [0.15, 0.2) is 44.0 Å². The maximum absolute atomic E-state index is 2.75. The third-order valence-electron chi connectivity index (χ3n) is 6.41. The van der Waals surface area contributed by atoms with E-state index in [1.807, 2.05) is 0 Å². The summed E-state index contributed by atoms with van der Waals surface area (Å²) in [6.45, 7) is 27.2. The quantitative estimate of drug-likeness (QED) is 0.549. The standard InChI is InChI=1S/C11H21Si2.C10H15.2ClH.Ti/c1-12(2,3)10-7-8-11(9-10)13(4,5)6;1-7-6-10(4,5)9(3)8(7)2;;;/h7-9H,1-6H3;1-5H3;2*1H;/q;;;;+2/p-2. The Morgan fingerprint density at radius 1 is 0.846 bits per heavy atom. The summed E-state index contributed by atoms with van der Waals surface area (Å²) in [6, 6.07) is 0. The maximum Gasteiger partial charge on any atom is -1.00 e. The number of hydrogen-bond donors (Lipinski definition) is 0. The number of allylic oxidation sites excluding steroid dienone is 8.